The van der Waals surface area contributed by atoms with Crippen LogP contribution in [0, 0.1) is 0 Å². The Hall–Kier alpha value is -0.730. The van der Waals surface area contributed by atoms with Crippen molar-refractivity contribution in [3.63, 3.8) is 0 Å². The summed E-state index contributed by atoms with van der Waals surface area (Å²) in [5.41, 5.74) is -0.657. The minimum Gasteiger partial charge on any atom is -0.166 e. The van der Waals surface area contributed by atoms with Crippen molar-refractivity contribution in [1.29, 1.82) is 0 Å². The minimum absolute atomic E-state index is 0.376. The van der Waals surface area contributed by atoms with Crippen LogP contribution in [0.15, 0.2) is 24.3 Å². The molecule has 0 aromatic rings. The van der Waals surface area contributed by atoms with E-state index in [9.17, 15) is 13.2 Å². The quantitative estimate of drug-likeness (QED) is 0.530. The van der Waals surface area contributed by atoms with Crippen LogP contribution >= 0.6 is 0 Å². The van der Waals surface area contributed by atoms with Gasteiger partial charge in [0.15, 0.2) is 0 Å². The second-order valence-electron chi connectivity index (χ2n) is 1.77. The molecule has 0 saturated heterocycles. The molecule has 3 heteroatoms. The van der Waals surface area contributed by atoms with Gasteiger partial charge in [-0.25, -0.2) is 0 Å². The lowest BCUT2D eigenvalue weighted by Gasteiger charge is -2.05. The van der Waals surface area contributed by atoms with E-state index in [4.69, 9.17) is 0 Å². The van der Waals surface area contributed by atoms with Crippen molar-refractivity contribution in [2.75, 3.05) is 0 Å². The zero-order chi connectivity index (χ0) is 8.20. The van der Waals surface area contributed by atoms with E-state index < -0.39 is 11.7 Å². The molecule has 0 N–H and O–H groups in total. The zero-order valence-electron chi connectivity index (χ0n) is 5.70. The molecular weight excluding hydrogens is 141 g/mol. The van der Waals surface area contributed by atoms with Crippen molar-refractivity contribution in [1.82, 2.24) is 0 Å². The van der Waals surface area contributed by atoms with E-state index >= 15 is 0 Å². The third-order valence-corrected chi connectivity index (χ3v) is 0.971. The summed E-state index contributed by atoms with van der Waals surface area (Å²) < 4.78 is 35.3. The van der Waals surface area contributed by atoms with Gasteiger partial charge in [0.1, 0.15) is 0 Å². The van der Waals surface area contributed by atoms with Crippen LogP contribution in [0.3, 0.4) is 0 Å². The van der Waals surface area contributed by atoms with E-state index in [1.165, 1.54) is 0 Å². The van der Waals surface area contributed by atoms with Crippen LogP contribution in [0.1, 0.15) is 13.3 Å². The average Bonchev–Trinajstić information content (AvgIpc) is 1.80. The normalized spacial score (nSPS) is 13.4. The molecule has 0 amide bonds. The first-order valence-corrected chi connectivity index (χ1v) is 2.92. The maximum absolute atomic E-state index is 11.8. The fourth-order valence-corrected chi connectivity index (χ4v) is 0.535. The largest absolute Gasteiger partial charge is 0.416 e. The van der Waals surface area contributed by atoms with Crippen molar-refractivity contribution in [3.05, 3.63) is 24.3 Å². The molecule has 0 bridgehead atoms. The lowest BCUT2D eigenvalue weighted by molar-refractivity contribution is -0.0883. The van der Waals surface area contributed by atoms with Crippen molar-refractivity contribution in [3.8, 4) is 0 Å². The summed E-state index contributed by atoms with van der Waals surface area (Å²) in [5, 5.41) is 0. The van der Waals surface area contributed by atoms with Gasteiger partial charge in [-0.3, -0.25) is 0 Å². The average molecular weight is 150 g/mol. The molecule has 0 aliphatic rings. The number of hydrogen-bond donors (Lipinski definition) is 0. The second-order valence-corrected chi connectivity index (χ2v) is 1.77. The van der Waals surface area contributed by atoms with Gasteiger partial charge >= 0.3 is 6.18 Å². The van der Waals surface area contributed by atoms with Crippen LogP contribution in [0.25, 0.3) is 0 Å². The van der Waals surface area contributed by atoms with Gasteiger partial charge in [-0.05, 0) is 6.42 Å². The van der Waals surface area contributed by atoms with Gasteiger partial charge in [0, 0.05) is 0 Å². The first kappa shape index (κ1) is 9.27. The molecule has 0 aliphatic heterocycles. The Morgan fingerprint density at radius 2 is 2.00 bits per heavy atom. The Labute approximate surface area is 58.0 Å². The monoisotopic (exact) mass is 150 g/mol. The molecule has 0 rings (SSSR count). The molecule has 0 fully saturated rings. The standard InChI is InChI=1S/C7H9F3/c1-3-5-6(4-2)7(8,9)10/h4-5H,2-3H2,1H3. The number of halogens is 3. The summed E-state index contributed by atoms with van der Waals surface area (Å²) in [6, 6.07) is 0. The van der Waals surface area contributed by atoms with Gasteiger partial charge in [-0.1, -0.05) is 25.7 Å². The third-order valence-electron chi connectivity index (χ3n) is 0.971. The molecule has 0 aromatic carbocycles. The van der Waals surface area contributed by atoms with Gasteiger partial charge in [0.2, 0.25) is 0 Å². The van der Waals surface area contributed by atoms with Gasteiger partial charge in [0.05, 0.1) is 5.57 Å². The summed E-state index contributed by atoms with van der Waals surface area (Å²) in [5.74, 6) is 0. The summed E-state index contributed by atoms with van der Waals surface area (Å²) >= 11 is 0. The number of allylic oxidation sites excluding steroid dienone is 3. The van der Waals surface area contributed by atoms with Gasteiger partial charge < -0.3 is 0 Å². The van der Waals surface area contributed by atoms with E-state index in [1.807, 2.05) is 0 Å². The lowest BCUT2D eigenvalue weighted by Crippen LogP contribution is -2.09. The predicted molar refractivity (Wildman–Crippen MR) is 34.6 cm³/mol. The Kier molecular flexibility index (Phi) is 3.19. The summed E-state index contributed by atoms with van der Waals surface area (Å²) in [7, 11) is 0. The Morgan fingerprint density at radius 3 is 2.10 bits per heavy atom. The highest BCUT2D eigenvalue weighted by atomic mass is 19.4. The van der Waals surface area contributed by atoms with Gasteiger partial charge in [-0.2, -0.15) is 13.2 Å². The van der Waals surface area contributed by atoms with Crippen molar-refractivity contribution in [2.24, 2.45) is 0 Å². The maximum Gasteiger partial charge on any atom is 0.416 e. The van der Waals surface area contributed by atoms with Crippen LogP contribution in [-0.4, -0.2) is 6.18 Å². The number of hydrogen-bond acceptors (Lipinski definition) is 0. The summed E-state index contributed by atoms with van der Waals surface area (Å²) in [6.45, 7) is 4.71. The zero-order valence-corrected chi connectivity index (χ0v) is 5.70. The Balaban J connectivity index is 4.36. The van der Waals surface area contributed by atoms with E-state index in [0.717, 1.165) is 12.2 Å². The van der Waals surface area contributed by atoms with Crippen molar-refractivity contribution in [2.45, 2.75) is 19.5 Å². The Bertz CT molecular complexity index is 141. The topological polar surface area (TPSA) is 0 Å². The van der Waals surface area contributed by atoms with Crippen LogP contribution in [0.4, 0.5) is 13.2 Å². The highest BCUT2D eigenvalue weighted by Gasteiger charge is 2.30. The minimum atomic E-state index is -4.24. The predicted octanol–water partition coefficient (Wildman–Crippen LogP) is 3.07. The molecule has 0 radical (unpaired) electrons. The lowest BCUT2D eigenvalue weighted by atomic mass is 10.2. The summed E-state index contributed by atoms with van der Waals surface area (Å²) in [6.07, 6.45) is -1.94. The van der Waals surface area contributed by atoms with Crippen molar-refractivity contribution < 1.29 is 13.2 Å². The molecule has 0 heterocycles. The van der Waals surface area contributed by atoms with Crippen LogP contribution in [0.5, 0.6) is 0 Å². The van der Waals surface area contributed by atoms with E-state index in [0.29, 0.717) is 6.42 Å². The molecule has 10 heavy (non-hydrogen) atoms. The molecule has 0 nitrogen and oxygen atoms in total. The molecular formula is C7H9F3. The van der Waals surface area contributed by atoms with Gasteiger partial charge in [-0.15, -0.1) is 0 Å². The SMILES string of the molecule is C=CC(=CCC)C(F)(F)F. The van der Waals surface area contributed by atoms with Crippen LogP contribution in [0.2, 0.25) is 0 Å². The first-order valence-electron chi connectivity index (χ1n) is 2.92. The van der Waals surface area contributed by atoms with Crippen molar-refractivity contribution >= 4 is 0 Å². The highest BCUT2D eigenvalue weighted by molar-refractivity contribution is 5.21. The third kappa shape index (κ3) is 2.71. The fourth-order valence-electron chi connectivity index (χ4n) is 0.535. The highest BCUT2D eigenvalue weighted by Crippen LogP contribution is 2.26. The van der Waals surface area contributed by atoms with Crippen LogP contribution < -0.4 is 0 Å². The molecule has 0 saturated carbocycles. The molecule has 0 atom stereocenters. The fraction of sp³-hybridized carbons (Fsp3) is 0.429. The molecule has 58 valence electrons. The smallest absolute Gasteiger partial charge is 0.166 e. The summed E-state index contributed by atoms with van der Waals surface area (Å²) in [4.78, 5) is 0. The van der Waals surface area contributed by atoms with Crippen LogP contribution in [-0.2, 0) is 0 Å². The Morgan fingerprint density at radius 1 is 1.50 bits per heavy atom. The van der Waals surface area contributed by atoms with E-state index in [2.05, 4.69) is 6.58 Å². The molecule has 0 spiro atoms. The molecule has 0 unspecified atom stereocenters. The van der Waals surface area contributed by atoms with Gasteiger partial charge in [0.25, 0.3) is 0 Å². The maximum atomic E-state index is 11.8. The molecule has 0 aliphatic carbocycles. The molecule has 0 aromatic heterocycles. The second kappa shape index (κ2) is 3.44. The first-order chi connectivity index (χ1) is 4.52. The number of rotatable bonds is 2. The number of alkyl halides is 3. The van der Waals surface area contributed by atoms with E-state index in [1.54, 1.807) is 6.92 Å². The van der Waals surface area contributed by atoms with E-state index in [-0.39, 0.29) is 0 Å².